The Morgan fingerprint density at radius 2 is 2.14 bits per heavy atom. The second-order valence-electron chi connectivity index (χ2n) is 5.73. The van der Waals surface area contributed by atoms with Crippen molar-refractivity contribution in [2.75, 3.05) is 12.4 Å². The first-order valence-corrected chi connectivity index (χ1v) is 9.02. The van der Waals surface area contributed by atoms with Gasteiger partial charge in [-0.15, -0.1) is 10.2 Å². The molecule has 0 aromatic carbocycles. The van der Waals surface area contributed by atoms with Gasteiger partial charge in [0.05, 0.1) is 12.7 Å². The monoisotopic (exact) mass is 313 g/mol. The van der Waals surface area contributed by atoms with E-state index in [4.69, 9.17) is 4.74 Å². The van der Waals surface area contributed by atoms with Crippen molar-refractivity contribution in [1.29, 1.82) is 0 Å². The highest BCUT2D eigenvalue weighted by Gasteiger charge is 2.21. The highest BCUT2D eigenvalue weighted by molar-refractivity contribution is 7.99. The summed E-state index contributed by atoms with van der Waals surface area (Å²) in [7, 11) is 0. The van der Waals surface area contributed by atoms with E-state index in [0.29, 0.717) is 17.8 Å². The Morgan fingerprint density at radius 3 is 2.86 bits per heavy atom. The maximum Gasteiger partial charge on any atom is 0.191 e. The number of hydrogen-bond donors (Lipinski definition) is 1. The Kier molecular flexibility index (Phi) is 6.99. The topological polar surface area (TPSA) is 60.2 Å². The van der Waals surface area contributed by atoms with Crippen LogP contribution in [0.15, 0.2) is 5.16 Å². The summed E-state index contributed by atoms with van der Waals surface area (Å²) in [6.45, 7) is 5.97. The van der Waals surface area contributed by atoms with Crippen LogP contribution in [0.4, 0.5) is 0 Å². The highest BCUT2D eigenvalue weighted by atomic mass is 32.2. The first-order chi connectivity index (χ1) is 10.3. The lowest BCUT2D eigenvalue weighted by atomic mass is 9.88. The van der Waals surface area contributed by atoms with Crippen molar-refractivity contribution in [3.63, 3.8) is 0 Å². The van der Waals surface area contributed by atoms with Gasteiger partial charge in [-0.1, -0.05) is 38.5 Å². The number of aliphatic hydroxyl groups excluding tert-OH is 1. The van der Waals surface area contributed by atoms with E-state index in [1.165, 1.54) is 25.7 Å². The van der Waals surface area contributed by atoms with Gasteiger partial charge in [-0.2, -0.15) is 0 Å². The third-order valence-corrected chi connectivity index (χ3v) is 4.99. The lowest BCUT2D eigenvalue weighted by Crippen LogP contribution is -2.26. The molecule has 0 aliphatic heterocycles. The number of nitrogens with zero attached hydrogens (tertiary/aromatic N) is 3. The van der Waals surface area contributed by atoms with Gasteiger partial charge in [-0.25, -0.2) is 0 Å². The zero-order valence-electron chi connectivity index (χ0n) is 13.1. The molecule has 21 heavy (non-hydrogen) atoms. The maximum absolute atomic E-state index is 9.27. The summed E-state index contributed by atoms with van der Waals surface area (Å²) in [6, 6.07) is 0. The molecule has 0 bridgehead atoms. The van der Waals surface area contributed by atoms with Gasteiger partial charge >= 0.3 is 0 Å². The van der Waals surface area contributed by atoms with Crippen LogP contribution in [-0.2, 0) is 17.9 Å². The quantitative estimate of drug-likeness (QED) is 0.591. The molecule has 5 nitrogen and oxygen atoms in total. The van der Waals surface area contributed by atoms with E-state index in [2.05, 4.69) is 24.0 Å². The molecule has 6 heteroatoms. The van der Waals surface area contributed by atoms with E-state index in [1.54, 1.807) is 11.8 Å². The van der Waals surface area contributed by atoms with Crippen LogP contribution < -0.4 is 0 Å². The number of thioether (sulfide) groups is 1. The van der Waals surface area contributed by atoms with Gasteiger partial charge in [0.2, 0.25) is 0 Å². The Hall–Kier alpha value is -0.590. The third kappa shape index (κ3) is 4.69. The number of rotatable bonds is 8. The molecular formula is C15H27N3O2S. The summed E-state index contributed by atoms with van der Waals surface area (Å²) >= 11 is 1.67. The fraction of sp³-hybridized carbons (Fsp3) is 0.867. The first-order valence-electron chi connectivity index (χ1n) is 8.03. The van der Waals surface area contributed by atoms with E-state index in [0.717, 1.165) is 30.5 Å². The van der Waals surface area contributed by atoms with Crippen LogP contribution in [0.1, 0.15) is 51.8 Å². The first kappa shape index (κ1) is 16.8. The van der Waals surface area contributed by atoms with E-state index in [1.807, 2.05) is 4.57 Å². The highest BCUT2D eigenvalue weighted by Crippen LogP contribution is 2.26. The third-order valence-electron chi connectivity index (χ3n) is 4.06. The Labute approximate surface area is 131 Å². The minimum Gasteiger partial charge on any atom is -0.388 e. The van der Waals surface area contributed by atoms with Gasteiger partial charge < -0.3 is 14.4 Å². The molecule has 0 saturated heterocycles. The van der Waals surface area contributed by atoms with Crippen molar-refractivity contribution in [2.45, 2.75) is 70.4 Å². The predicted molar refractivity (Wildman–Crippen MR) is 84.3 cm³/mol. The van der Waals surface area contributed by atoms with Crippen LogP contribution in [0, 0.1) is 5.92 Å². The largest absolute Gasteiger partial charge is 0.388 e. The summed E-state index contributed by atoms with van der Waals surface area (Å²) < 4.78 is 8.03. The smallest absolute Gasteiger partial charge is 0.191 e. The Bertz CT molecular complexity index is 425. The molecule has 0 radical (unpaired) electrons. The van der Waals surface area contributed by atoms with Crippen molar-refractivity contribution >= 4 is 11.8 Å². The second kappa shape index (κ2) is 8.76. The fourth-order valence-corrected chi connectivity index (χ4v) is 3.67. The van der Waals surface area contributed by atoms with Gasteiger partial charge in [0.1, 0.15) is 6.61 Å². The zero-order chi connectivity index (χ0) is 15.1. The van der Waals surface area contributed by atoms with Gasteiger partial charge in [0, 0.05) is 12.3 Å². The van der Waals surface area contributed by atoms with Crippen molar-refractivity contribution in [3.8, 4) is 0 Å². The van der Waals surface area contributed by atoms with E-state index >= 15 is 0 Å². The second-order valence-corrected chi connectivity index (χ2v) is 6.79. The molecule has 0 amide bonds. The molecule has 1 aromatic rings. The summed E-state index contributed by atoms with van der Waals surface area (Å²) in [5, 5.41) is 18.4. The summed E-state index contributed by atoms with van der Waals surface area (Å²) in [4.78, 5) is 0. The standard InChI is InChI=1S/C15H27N3O2S/c1-3-8-18-14(11-19)16-17-15(18)21-10-9-20-13-7-5-4-6-12(13)2/h12-13,19H,3-11H2,1-2H3. The zero-order valence-corrected chi connectivity index (χ0v) is 13.9. The molecule has 0 spiro atoms. The fourth-order valence-electron chi connectivity index (χ4n) is 2.85. The lowest BCUT2D eigenvalue weighted by Gasteiger charge is -2.28. The number of aliphatic hydroxyl groups is 1. The van der Waals surface area contributed by atoms with E-state index < -0.39 is 0 Å². The van der Waals surface area contributed by atoms with Crippen LogP contribution in [0.5, 0.6) is 0 Å². The average Bonchev–Trinajstić information content (AvgIpc) is 2.88. The molecule has 120 valence electrons. The molecule has 2 unspecified atom stereocenters. The maximum atomic E-state index is 9.27. The molecule has 1 N–H and O–H groups in total. The van der Waals surface area contributed by atoms with Crippen molar-refractivity contribution in [2.24, 2.45) is 5.92 Å². The molecule has 1 heterocycles. The molecular weight excluding hydrogens is 286 g/mol. The predicted octanol–water partition coefficient (Wildman–Crippen LogP) is 2.87. The van der Waals surface area contributed by atoms with Crippen molar-refractivity contribution in [3.05, 3.63) is 5.82 Å². The molecule has 1 aliphatic rings. The molecule has 1 fully saturated rings. The lowest BCUT2D eigenvalue weighted by molar-refractivity contribution is 0.00345. The van der Waals surface area contributed by atoms with Crippen LogP contribution >= 0.6 is 11.8 Å². The summed E-state index contributed by atoms with van der Waals surface area (Å²) in [5.74, 6) is 2.23. The number of hydrogen-bond acceptors (Lipinski definition) is 5. The Balaban J connectivity index is 1.76. The van der Waals surface area contributed by atoms with E-state index in [-0.39, 0.29) is 6.61 Å². The SMILES string of the molecule is CCCn1c(CO)nnc1SCCOC1CCCCC1C. The number of aromatic nitrogens is 3. The molecule has 2 atom stereocenters. The van der Waals surface area contributed by atoms with Gasteiger partial charge in [-0.3, -0.25) is 0 Å². The summed E-state index contributed by atoms with van der Waals surface area (Å²) in [6.07, 6.45) is 6.58. The van der Waals surface area contributed by atoms with Gasteiger partial charge in [-0.05, 0) is 25.2 Å². The minimum absolute atomic E-state index is 0.0519. The number of ether oxygens (including phenoxy) is 1. The molecule has 1 saturated carbocycles. The van der Waals surface area contributed by atoms with Crippen molar-refractivity contribution < 1.29 is 9.84 Å². The van der Waals surface area contributed by atoms with Crippen LogP contribution in [-0.4, -0.2) is 38.3 Å². The van der Waals surface area contributed by atoms with Gasteiger partial charge in [0.25, 0.3) is 0 Å². The molecule has 1 aliphatic carbocycles. The normalized spacial score (nSPS) is 22.6. The van der Waals surface area contributed by atoms with Crippen LogP contribution in [0.2, 0.25) is 0 Å². The van der Waals surface area contributed by atoms with Crippen LogP contribution in [0.3, 0.4) is 0 Å². The average molecular weight is 313 g/mol. The van der Waals surface area contributed by atoms with Crippen molar-refractivity contribution in [1.82, 2.24) is 14.8 Å². The molecule has 1 aromatic heterocycles. The van der Waals surface area contributed by atoms with Gasteiger partial charge in [0.15, 0.2) is 11.0 Å². The Morgan fingerprint density at radius 1 is 1.33 bits per heavy atom. The summed E-state index contributed by atoms with van der Waals surface area (Å²) in [5.41, 5.74) is 0. The minimum atomic E-state index is -0.0519. The van der Waals surface area contributed by atoms with Crippen LogP contribution in [0.25, 0.3) is 0 Å². The molecule has 2 rings (SSSR count). The van der Waals surface area contributed by atoms with E-state index in [9.17, 15) is 5.11 Å².